The van der Waals surface area contributed by atoms with Gasteiger partial charge in [0.1, 0.15) is 12.4 Å². The van der Waals surface area contributed by atoms with Crippen LogP contribution in [0.15, 0.2) is 42.5 Å². The number of benzene rings is 2. The normalized spacial score (nSPS) is 10.1. The maximum absolute atomic E-state index is 13.1. The molecule has 0 spiro atoms. The van der Waals surface area contributed by atoms with Crippen molar-refractivity contribution in [1.82, 2.24) is 10.6 Å². The molecule has 0 saturated carbocycles. The van der Waals surface area contributed by atoms with Gasteiger partial charge in [0.15, 0.2) is 18.1 Å². The Morgan fingerprint density at radius 3 is 2.43 bits per heavy atom. The highest BCUT2D eigenvalue weighted by Gasteiger charge is 2.11. The lowest BCUT2D eigenvalue weighted by atomic mass is 10.1. The maximum atomic E-state index is 13.1. The number of halogens is 1. The number of hydrogen-bond donors (Lipinski definition) is 2. The Morgan fingerprint density at radius 2 is 1.73 bits per heavy atom. The second-order valence-corrected chi connectivity index (χ2v) is 6.14. The van der Waals surface area contributed by atoms with Gasteiger partial charge in [0.25, 0.3) is 11.8 Å². The lowest BCUT2D eigenvalue weighted by Crippen LogP contribution is -2.34. The van der Waals surface area contributed by atoms with E-state index in [1.165, 1.54) is 25.3 Å². The molecule has 2 aromatic carbocycles. The molecule has 2 aromatic rings. The zero-order chi connectivity index (χ0) is 21.9. The van der Waals surface area contributed by atoms with Crippen LogP contribution < -0.4 is 20.1 Å². The molecule has 30 heavy (non-hydrogen) atoms. The number of esters is 1. The zero-order valence-corrected chi connectivity index (χ0v) is 16.7. The number of hydrogen-bond acceptors (Lipinski definition) is 6. The van der Waals surface area contributed by atoms with Gasteiger partial charge in [-0.15, -0.1) is 0 Å². The minimum Gasteiger partial charge on any atom is -0.493 e. The Morgan fingerprint density at radius 1 is 0.967 bits per heavy atom. The van der Waals surface area contributed by atoms with Crippen molar-refractivity contribution in [2.75, 3.05) is 33.9 Å². The summed E-state index contributed by atoms with van der Waals surface area (Å²) in [4.78, 5) is 35.3. The first kappa shape index (κ1) is 22.7. The van der Waals surface area contributed by atoms with Crippen molar-refractivity contribution >= 4 is 17.8 Å². The van der Waals surface area contributed by atoms with E-state index in [0.29, 0.717) is 24.5 Å². The van der Waals surface area contributed by atoms with Crippen molar-refractivity contribution in [3.05, 3.63) is 59.4 Å². The summed E-state index contributed by atoms with van der Waals surface area (Å²) in [6, 6.07) is 10.5. The van der Waals surface area contributed by atoms with Gasteiger partial charge in [0, 0.05) is 12.1 Å². The third-order valence-corrected chi connectivity index (χ3v) is 4.03. The lowest BCUT2D eigenvalue weighted by molar-refractivity contribution is -0.147. The predicted octanol–water partition coefficient (Wildman–Crippen LogP) is 1.47. The van der Waals surface area contributed by atoms with E-state index >= 15 is 0 Å². The van der Waals surface area contributed by atoms with Crippen LogP contribution in [0.1, 0.15) is 15.9 Å². The van der Waals surface area contributed by atoms with E-state index in [1.54, 1.807) is 13.2 Å². The van der Waals surface area contributed by atoms with Crippen LogP contribution in [0.5, 0.6) is 11.5 Å². The van der Waals surface area contributed by atoms with Gasteiger partial charge in [-0.3, -0.25) is 14.4 Å². The SMILES string of the molecule is COc1ccc(CCNC(=O)COC(=O)CNC(=O)c2cccc(F)c2)cc1OC. The standard InChI is InChI=1S/C21H23FN2O6/c1-28-17-7-6-14(10-18(17)29-2)8-9-23-19(25)13-30-20(26)12-24-21(27)15-4-3-5-16(22)11-15/h3-7,10-11H,8-9,12-13H2,1-2H3,(H,23,25)(H,24,27). The minimum atomic E-state index is -0.783. The van der Waals surface area contributed by atoms with Crippen LogP contribution in [0.25, 0.3) is 0 Å². The highest BCUT2D eigenvalue weighted by Crippen LogP contribution is 2.27. The molecule has 9 heteroatoms. The van der Waals surface area contributed by atoms with Crippen molar-refractivity contribution < 1.29 is 33.0 Å². The van der Waals surface area contributed by atoms with Crippen molar-refractivity contribution in [1.29, 1.82) is 0 Å². The molecule has 0 atom stereocenters. The van der Waals surface area contributed by atoms with E-state index < -0.39 is 36.8 Å². The first-order valence-corrected chi connectivity index (χ1v) is 9.10. The second kappa shape index (κ2) is 11.4. The van der Waals surface area contributed by atoms with Crippen LogP contribution in [0, 0.1) is 5.82 Å². The average molecular weight is 418 g/mol. The molecule has 0 heterocycles. The van der Waals surface area contributed by atoms with Gasteiger partial charge in [-0.2, -0.15) is 0 Å². The molecule has 0 aliphatic carbocycles. The molecule has 2 N–H and O–H groups in total. The van der Waals surface area contributed by atoms with Crippen LogP contribution >= 0.6 is 0 Å². The molecule has 0 aromatic heterocycles. The van der Waals surface area contributed by atoms with Crippen LogP contribution in [0.2, 0.25) is 0 Å². The smallest absolute Gasteiger partial charge is 0.325 e. The first-order valence-electron chi connectivity index (χ1n) is 9.10. The third kappa shape index (κ3) is 7.08. The maximum Gasteiger partial charge on any atom is 0.325 e. The molecular formula is C21H23FN2O6. The molecule has 2 rings (SSSR count). The summed E-state index contributed by atoms with van der Waals surface area (Å²) >= 11 is 0. The van der Waals surface area contributed by atoms with Crippen molar-refractivity contribution in [3.8, 4) is 11.5 Å². The second-order valence-electron chi connectivity index (χ2n) is 6.14. The topological polar surface area (TPSA) is 103 Å². The fourth-order valence-electron chi connectivity index (χ4n) is 2.51. The first-order chi connectivity index (χ1) is 14.4. The predicted molar refractivity (Wildman–Crippen MR) is 106 cm³/mol. The summed E-state index contributed by atoms with van der Waals surface area (Å²) in [7, 11) is 3.09. The van der Waals surface area contributed by atoms with E-state index in [0.717, 1.165) is 11.6 Å². The van der Waals surface area contributed by atoms with Gasteiger partial charge in [0.2, 0.25) is 0 Å². The monoisotopic (exact) mass is 418 g/mol. The van der Waals surface area contributed by atoms with Crippen LogP contribution in [-0.4, -0.2) is 51.7 Å². The van der Waals surface area contributed by atoms with Crippen molar-refractivity contribution in [2.45, 2.75) is 6.42 Å². The highest BCUT2D eigenvalue weighted by atomic mass is 19.1. The third-order valence-electron chi connectivity index (χ3n) is 4.03. The Hall–Kier alpha value is -3.62. The van der Waals surface area contributed by atoms with E-state index in [9.17, 15) is 18.8 Å². The van der Waals surface area contributed by atoms with Gasteiger partial charge in [-0.1, -0.05) is 12.1 Å². The van der Waals surface area contributed by atoms with Gasteiger partial charge < -0.3 is 24.8 Å². The fourth-order valence-corrected chi connectivity index (χ4v) is 2.51. The largest absolute Gasteiger partial charge is 0.493 e. The van der Waals surface area contributed by atoms with Crippen molar-refractivity contribution in [2.24, 2.45) is 0 Å². The van der Waals surface area contributed by atoms with Crippen LogP contribution in [0.4, 0.5) is 4.39 Å². The van der Waals surface area contributed by atoms with Gasteiger partial charge >= 0.3 is 5.97 Å². The van der Waals surface area contributed by atoms with Crippen LogP contribution in [0.3, 0.4) is 0 Å². The quantitative estimate of drug-likeness (QED) is 0.567. The summed E-state index contributed by atoms with van der Waals surface area (Å²) in [6.07, 6.45) is 0.545. The number of amides is 2. The minimum absolute atomic E-state index is 0.0794. The molecule has 0 aliphatic rings. The van der Waals surface area contributed by atoms with Crippen molar-refractivity contribution in [3.63, 3.8) is 0 Å². The molecule has 0 radical (unpaired) electrons. The molecule has 160 valence electrons. The molecule has 0 saturated heterocycles. The number of ether oxygens (including phenoxy) is 3. The number of carbonyl (C=O) groups excluding carboxylic acids is 3. The zero-order valence-electron chi connectivity index (χ0n) is 16.7. The molecule has 8 nitrogen and oxygen atoms in total. The summed E-state index contributed by atoms with van der Waals surface area (Å²) in [6.45, 7) is -0.572. The van der Waals surface area contributed by atoms with Crippen LogP contribution in [-0.2, 0) is 20.7 Å². The molecule has 0 unspecified atom stereocenters. The number of carbonyl (C=O) groups is 3. The molecule has 0 fully saturated rings. The molecule has 0 bridgehead atoms. The van der Waals surface area contributed by atoms with E-state index in [2.05, 4.69) is 10.6 Å². The Balaban J connectivity index is 1.67. The fraction of sp³-hybridized carbons (Fsp3) is 0.286. The van der Waals surface area contributed by atoms with E-state index in [1.807, 2.05) is 12.1 Å². The van der Waals surface area contributed by atoms with Gasteiger partial charge in [0.05, 0.1) is 14.2 Å². The average Bonchev–Trinajstić information content (AvgIpc) is 2.75. The molecule has 2 amide bonds. The Labute approximate surface area is 173 Å². The Kier molecular flexibility index (Phi) is 8.61. The summed E-state index contributed by atoms with van der Waals surface area (Å²) in [5.74, 6) is -1.23. The Bertz CT molecular complexity index is 903. The number of nitrogens with one attached hydrogen (secondary N) is 2. The molecule has 0 aliphatic heterocycles. The van der Waals surface area contributed by atoms with E-state index in [4.69, 9.17) is 14.2 Å². The lowest BCUT2D eigenvalue weighted by Gasteiger charge is -2.10. The summed E-state index contributed by atoms with van der Waals surface area (Å²) < 4.78 is 28.3. The summed E-state index contributed by atoms with van der Waals surface area (Å²) in [5, 5.41) is 4.93. The summed E-state index contributed by atoms with van der Waals surface area (Å²) in [5.41, 5.74) is 1.01. The van der Waals surface area contributed by atoms with Gasteiger partial charge in [-0.25, -0.2) is 4.39 Å². The van der Waals surface area contributed by atoms with Gasteiger partial charge in [-0.05, 0) is 42.3 Å². The number of rotatable bonds is 10. The molecular weight excluding hydrogens is 395 g/mol. The number of methoxy groups -OCH3 is 2. The van der Waals surface area contributed by atoms with E-state index in [-0.39, 0.29) is 5.56 Å². The highest BCUT2D eigenvalue weighted by molar-refractivity contribution is 5.96.